The molecule has 3 heterocycles. The first-order chi connectivity index (χ1) is 11.2. The molecule has 3 rings (SSSR count). The molecule has 1 aromatic heterocycles. The summed E-state index contributed by atoms with van der Waals surface area (Å²) in [4.78, 5) is 14.2. The second kappa shape index (κ2) is 11.0. The molecule has 0 unspecified atom stereocenters. The molecule has 2 aliphatic rings. The zero-order chi connectivity index (χ0) is 17.5. The summed E-state index contributed by atoms with van der Waals surface area (Å²) >= 11 is 0. The molecule has 9 heteroatoms. The van der Waals surface area contributed by atoms with Gasteiger partial charge in [0.2, 0.25) is 11.8 Å². The number of hydrogen-bond donors (Lipinski definition) is 0. The van der Waals surface area contributed by atoms with Crippen molar-refractivity contribution in [1.29, 1.82) is 0 Å². The molecule has 0 aromatic carbocycles. The van der Waals surface area contributed by atoms with E-state index in [4.69, 9.17) is 19.5 Å². The molecule has 0 spiro atoms. The normalized spacial score (nSPS) is 25.3. The minimum absolute atomic E-state index is 0. The summed E-state index contributed by atoms with van der Waals surface area (Å²) in [6.07, 6.45) is 0. The van der Waals surface area contributed by atoms with E-state index in [1.165, 1.54) is 0 Å². The van der Waals surface area contributed by atoms with Gasteiger partial charge in [-0.2, -0.15) is 0 Å². The smallest absolute Gasteiger partial charge is 1.00 e. The Labute approximate surface area is 197 Å². The van der Waals surface area contributed by atoms with Gasteiger partial charge in [-0.25, -0.2) is 15.0 Å². The Morgan fingerprint density at radius 2 is 1.14 bits per heavy atom. The van der Waals surface area contributed by atoms with Gasteiger partial charge in [-0.15, -0.1) is 0 Å². The van der Waals surface area contributed by atoms with Crippen LogP contribution in [0, 0.1) is 11.8 Å². The van der Waals surface area contributed by atoms with Gasteiger partial charge in [-0.1, -0.05) is 33.8 Å². The Kier molecular flexibility index (Phi) is 11.7. The van der Waals surface area contributed by atoms with Crippen molar-refractivity contribution >= 4 is 11.8 Å². The Morgan fingerprint density at radius 1 is 0.786 bits per heavy atom. The van der Waals surface area contributed by atoms with Crippen molar-refractivity contribution in [3.8, 4) is 0 Å². The molecule has 2 atom stereocenters. The van der Waals surface area contributed by atoms with Crippen molar-refractivity contribution in [2.45, 2.75) is 52.6 Å². The van der Waals surface area contributed by atoms with Crippen LogP contribution in [0.2, 0.25) is 0 Å². The minimum Gasteiger partial charge on any atom is -1.00 e. The van der Waals surface area contributed by atoms with E-state index >= 15 is 0 Å². The molecule has 1 aromatic rings. The Balaban J connectivity index is 0. The molecule has 0 amide bonds. The molecule has 28 heavy (non-hydrogen) atoms. The fraction of sp³-hybridized carbons (Fsp3) is 0.632. The molecule has 2 aliphatic heterocycles. The largest absolute Gasteiger partial charge is 3.00 e. The topological polar surface area (TPSA) is 56.1 Å². The summed E-state index contributed by atoms with van der Waals surface area (Å²) in [6.45, 7) is 14.1. The number of rotatable bonds is 4. The number of nitrogens with zero attached hydrogens (tertiary/aromatic N) is 3. The predicted molar refractivity (Wildman–Crippen MR) is 95.7 cm³/mol. The molecular formula is C19H27Cl3CoN3O2. The van der Waals surface area contributed by atoms with E-state index in [9.17, 15) is 0 Å². The summed E-state index contributed by atoms with van der Waals surface area (Å²) in [6, 6.07) is 5.79. The maximum absolute atomic E-state index is 5.82. The van der Waals surface area contributed by atoms with Gasteiger partial charge in [0.05, 0.1) is 11.1 Å². The van der Waals surface area contributed by atoms with Crippen molar-refractivity contribution in [3.63, 3.8) is 0 Å². The first-order valence-corrected chi connectivity index (χ1v) is 8.67. The quantitative estimate of drug-likeness (QED) is 0.420. The molecule has 0 fully saturated rings. The van der Waals surface area contributed by atoms with Crippen molar-refractivity contribution < 1.29 is 63.5 Å². The average Bonchev–Trinajstić information content (AvgIpc) is 3.13. The van der Waals surface area contributed by atoms with Crippen molar-refractivity contribution in [2.75, 3.05) is 13.2 Å². The van der Waals surface area contributed by atoms with Crippen LogP contribution in [-0.4, -0.2) is 41.1 Å². The number of ether oxygens (including phenoxy) is 2. The van der Waals surface area contributed by atoms with E-state index < -0.39 is 0 Å². The van der Waals surface area contributed by atoms with Gasteiger partial charge in [0.15, 0.2) is 0 Å². The first kappa shape index (κ1) is 29.7. The van der Waals surface area contributed by atoms with Gasteiger partial charge in [0.1, 0.15) is 24.6 Å². The molecule has 0 saturated carbocycles. The zero-order valence-electron chi connectivity index (χ0n) is 16.9. The van der Waals surface area contributed by atoms with Crippen LogP contribution in [0.1, 0.15) is 52.9 Å². The predicted octanol–water partition coefficient (Wildman–Crippen LogP) is -5.53. The summed E-state index contributed by atoms with van der Waals surface area (Å²) in [5.74, 6) is 2.04. The van der Waals surface area contributed by atoms with Crippen molar-refractivity contribution in [3.05, 3.63) is 29.6 Å². The monoisotopic (exact) mass is 493 g/mol. The van der Waals surface area contributed by atoms with Crippen molar-refractivity contribution in [1.82, 2.24) is 4.98 Å². The van der Waals surface area contributed by atoms with Gasteiger partial charge in [0.25, 0.3) is 0 Å². The summed E-state index contributed by atoms with van der Waals surface area (Å²) < 4.78 is 11.6. The van der Waals surface area contributed by atoms with Crippen LogP contribution < -0.4 is 37.2 Å². The molecule has 0 aliphatic carbocycles. The molecule has 160 valence electrons. The number of hydrogen-bond acceptors (Lipinski definition) is 5. The standard InChI is InChI=1S/C19H27N3O2.3ClH.Co/c1-12(2)18(5)10-23-16(21-18)14-8-7-9-15(20-14)17-22-19(6,11-24-17)13(3)4;;;;/h7-9,12-13H,10-11H2,1-6H3;3*1H;/q;;;;+3/p-3/t18-,19-;;;;/m1..../s1. The maximum atomic E-state index is 5.82. The number of aliphatic imine (C=N–C) groups is 2. The SMILES string of the molecule is CC(C)[C@@]1(C)COC(c2cccc(C3=N[C@@](C)(C(C)C)CO3)n2)=N1.[Cl-].[Cl-].[Cl-].[Co+3]. The fourth-order valence-electron chi connectivity index (χ4n) is 2.55. The third-order valence-corrected chi connectivity index (χ3v) is 5.39. The van der Waals surface area contributed by atoms with E-state index in [2.05, 4.69) is 46.5 Å². The molecule has 0 N–H and O–H groups in total. The summed E-state index contributed by atoms with van der Waals surface area (Å²) in [7, 11) is 0. The van der Waals surface area contributed by atoms with Gasteiger partial charge in [-0.3, -0.25) is 0 Å². The third-order valence-electron chi connectivity index (χ3n) is 5.39. The number of aromatic nitrogens is 1. The zero-order valence-corrected chi connectivity index (χ0v) is 20.2. The second-order valence-electron chi connectivity index (χ2n) is 7.84. The Hall–Kier alpha value is -0.534. The van der Waals surface area contributed by atoms with Crippen molar-refractivity contribution in [2.24, 2.45) is 21.8 Å². The van der Waals surface area contributed by atoms with E-state index in [0.29, 0.717) is 36.8 Å². The Morgan fingerprint density at radius 3 is 1.43 bits per heavy atom. The van der Waals surface area contributed by atoms with Crippen LogP contribution in [0.5, 0.6) is 0 Å². The van der Waals surface area contributed by atoms with Gasteiger partial charge in [-0.05, 0) is 37.8 Å². The molecule has 0 saturated heterocycles. The van der Waals surface area contributed by atoms with E-state index in [1.54, 1.807) is 0 Å². The maximum Gasteiger partial charge on any atom is 3.00 e. The number of pyridine rings is 1. The molecular weight excluding hydrogens is 468 g/mol. The van der Waals surface area contributed by atoms with Crippen LogP contribution >= 0.6 is 0 Å². The van der Waals surface area contributed by atoms with Gasteiger partial charge < -0.3 is 46.7 Å². The Bertz CT molecular complexity index is 660. The van der Waals surface area contributed by atoms with Crippen LogP contribution in [0.4, 0.5) is 0 Å². The van der Waals surface area contributed by atoms with Crippen LogP contribution in [0.3, 0.4) is 0 Å². The third kappa shape index (κ3) is 5.76. The molecule has 0 bridgehead atoms. The number of halogens is 3. The van der Waals surface area contributed by atoms with E-state index in [-0.39, 0.29) is 65.1 Å². The molecule has 0 radical (unpaired) electrons. The van der Waals surface area contributed by atoms with E-state index in [1.807, 2.05) is 18.2 Å². The van der Waals surface area contributed by atoms with Gasteiger partial charge in [0, 0.05) is 0 Å². The first-order valence-electron chi connectivity index (χ1n) is 8.67. The van der Waals surface area contributed by atoms with Crippen LogP contribution in [-0.2, 0) is 26.3 Å². The molecule has 5 nitrogen and oxygen atoms in total. The fourth-order valence-corrected chi connectivity index (χ4v) is 2.55. The van der Waals surface area contributed by atoms with Gasteiger partial charge >= 0.3 is 16.8 Å². The van der Waals surface area contributed by atoms with Crippen LogP contribution in [0.15, 0.2) is 28.2 Å². The second-order valence-corrected chi connectivity index (χ2v) is 7.84. The average molecular weight is 495 g/mol. The van der Waals surface area contributed by atoms with E-state index in [0.717, 1.165) is 11.4 Å². The van der Waals surface area contributed by atoms with Crippen LogP contribution in [0.25, 0.3) is 0 Å². The summed E-state index contributed by atoms with van der Waals surface area (Å²) in [5.41, 5.74) is 1.09. The minimum atomic E-state index is -0.190. The summed E-state index contributed by atoms with van der Waals surface area (Å²) in [5, 5.41) is 0.